The first-order valence-electron chi connectivity index (χ1n) is 9.15. The lowest BCUT2D eigenvalue weighted by Crippen LogP contribution is -2.43. The number of hydrogen-bond donors (Lipinski definition) is 2. The smallest absolute Gasteiger partial charge is 0.190 e. The Morgan fingerprint density at radius 3 is 2.29 bits per heavy atom. The minimum absolute atomic E-state index is 0.0909. The summed E-state index contributed by atoms with van der Waals surface area (Å²) in [5.74, 6) is 2.36. The van der Waals surface area contributed by atoms with E-state index in [4.69, 9.17) is 0 Å². The Morgan fingerprint density at radius 1 is 1.08 bits per heavy atom. The van der Waals surface area contributed by atoms with E-state index < -0.39 is 0 Å². The van der Waals surface area contributed by atoms with Gasteiger partial charge in [-0.25, -0.2) is 4.39 Å². The molecule has 3 rings (SSSR count). The molecule has 1 aliphatic carbocycles. The maximum absolute atomic E-state index is 13.7. The van der Waals surface area contributed by atoms with Crippen LogP contribution in [0.2, 0.25) is 0 Å². The number of guanidine groups is 1. The molecule has 0 aromatic heterocycles. The number of piperidine rings is 1. The largest absolute Gasteiger partial charge is 0.356 e. The second kappa shape index (κ2) is 8.47. The van der Waals surface area contributed by atoms with E-state index in [1.807, 2.05) is 19.2 Å². The number of nitrogens with zero attached hydrogens (tertiary/aromatic N) is 2. The zero-order valence-corrected chi connectivity index (χ0v) is 14.6. The van der Waals surface area contributed by atoms with Crippen molar-refractivity contribution in [1.82, 2.24) is 15.5 Å². The molecule has 24 heavy (non-hydrogen) atoms. The summed E-state index contributed by atoms with van der Waals surface area (Å²) in [5.41, 5.74) is 0.804. The molecule has 1 saturated carbocycles. The Bertz CT molecular complexity index is 548. The van der Waals surface area contributed by atoms with Gasteiger partial charge in [-0.2, -0.15) is 0 Å². The molecule has 1 heterocycles. The molecule has 0 atom stereocenters. The van der Waals surface area contributed by atoms with Crippen LogP contribution in [0.3, 0.4) is 0 Å². The highest BCUT2D eigenvalue weighted by atomic mass is 19.1. The predicted octanol–water partition coefficient (Wildman–Crippen LogP) is 2.61. The number of nitrogens with one attached hydrogen (secondary N) is 2. The second-order valence-corrected chi connectivity index (χ2v) is 7.09. The summed E-state index contributed by atoms with van der Waals surface area (Å²) in [6, 6.07) is 7.10. The summed E-state index contributed by atoms with van der Waals surface area (Å²) >= 11 is 0. The second-order valence-electron chi connectivity index (χ2n) is 7.09. The topological polar surface area (TPSA) is 39.7 Å². The Kier molecular flexibility index (Phi) is 6.07. The van der Waals surface area contributed by atoms with Gasteiger partial charge in [0.1, 0.15) is 5.82 Å². The van der Waals surface area contributed by atoms with Gasteiger partial charge in [0, 0.05) is 32.2 Å². The van der Waals surface area contributed by atoms with Crippen LogP contribution in [0.5, 0.6) is 0 Å². The van der Waals surface area contributed by atoms with E-state index in [0.717, 1.165) is 63.0 Å². The highest BCUT2D eigenvalue weighted by molar-refractivity contribution is 5.79. The van der Waals surface area contributed by atoms with Crippen LogP contribution in [-0.4, -0.2) is 44.1 Å². The van der Waals surface area contributed by atoms with Gasteiger partial charge in [-0.1, -0.05) is 18.2 Å². The average Bonchev–Trinajstić information content (AvgIpc) is 3.43. The quantitative estimate of drug-likeness (QED) is 0.621. The van der Waals surface area contributed by atoms with Crippen molar-refractivity contribution in [3.05, 3.63) is 35.6 Å². The lowest BCUT2D eigenvalue weighted by molar-refractivity contribution is 0.176. The molecule has 5 heteroatoms. The summed E-state index contributed by atoms with van der Waals surface area (Å²) < 4.78 is 13.7. The molecule has 1 saturated heterocycles. The van der Waals surface area contributed by atoms with Gasteiger partial charge < -0.3 is 10.6 Å². The third kappa shape index (κ3) is 5.20. The highest BCUT2D eigenvalue weighted by Crippen LogP contribution is 2.27. The Balaban J connectivity index is 1.36. The van der Waals surface area contributed by atoms with Crippen LogP contribution in [0.4, 0.5) is 4.39 Å². The Hall–Kier alpha value is -1.62. The van der Waals surface area contributed by atoms with E-state index in [0.29, 0.717) is 5.92 Å². The minimum atomic E-state index is -0.0909. The monoisotopic (exact) mass is 332 g/mol. The van der Waals surface area contributed by atoms with E-state index in [1.54, 1.807) is 12.1 Å². The predicted molar refractivity (Wildman–Crippen MR) is 96.5 cm³/mol. The molecular formula is C19H29FN4. The minimum Gasteiger partial charge on any atom is -0.356 e. The molecule has 0 amide bonds. The number of likely N-dealkylation sites (tertiary alicyclic amines) is 1. The molecule has 0 unspecified atom stereocenters. The van der Waals surface area contributed by atoms with Crippen LogP contribution in [0.25, 0.3) is 0 Å². The van der Waals surface area contributed by atoms with Crippen LogP contribution in [0.1, 0.15) is 31.2 Å². The van der Waals surface area contributed by atoms with Crippen molar-refractivity contribution < 1.29 is 4.39 Å². The summed E-state index contributed by atoms with van der Waals surface area (Å²) in [6.07, 6.45) is 5.01. The van der Waals surface area contributed by atoms with Crippen molar-refractivity contribution in [2.45, 2.75) is 32.2 Å². The van der Waals surface area contributed by atoms with Crippen molar-refractivity contribution in [2.24, 2.45) is 16.8 Å². The fraction of sp³-hybridized carbons (Fsp3) is 0.632. The van der Waals surface area contributed by atoms with Gasteiger partial charge in [0.15, 0.2) is 5.96 Å². The number of benzene rings is 1. The molecule has 2 fully saturated rings. The highest BCUT2D eigenvalue weighted by Gasteiger charge is 2.22. The molecule has 0 radical (unpaired) electrons. The maximum Gasteiger partial charge on any atom is 0.190 e. The van der Waals surface area contributed by atoms with Crippen molar-refractivity contribution >= 4 is 5.96 Å². The van der Waals surface area contributed by atoms with Crippen molar-refractivity contribution in [3.8, 4) is 0 Å². The summed E-state index contributed by atoms with van der Waals surface area (Å²) in [6.45, 7) is 4.81. The van der Waals surface area contributed by atoms with E-state index in [1.165, 1.54) is 12.8 Å². The molecule has 0 spiro atoms. The zero-order chi connectivity index (χ0) is 16.8. The van der Waals surface area contributed by atoms with E-state index in [-0.39, 0.29) is 5.82 Å². The van der Waals surface area contributed by atoms with E-state index >= 15 is 0 Å². The molecule has 2 N–H and O–H groups in total. The molecule has 132 valence electrons. The fourth-order valence-electron chi connectivity index (χ4n) is 3.24. The van der Waals surface area contributed by atoms with Crippen molar-refractivity contribution in [3.63, 3.8) is 0 Å². The number of hydrogen-bond acceptors (Lipinski definition) is 2. The molecule has 2 aliphatic rings. The molecule has 1 aliphatic heterocycles. The van der Waals surface area contributed by atoms with Gasteiger partial charge in [0.2, 0.25) is 0 Å². The van der Waals surface area contributed by atoms with Crippen LogP contribution in [0, 0.1) is 17.7 Å². The third-order valence-electron chi connectivity index (χ3n) is 5.10. The van der Waals surface area contributed by atoms with Crippen molar-refractivity contribution in [2.75, 3.05) is 33.2 Å². The van der Waals surface area contributed by atoms with Crippen molar-refractivity contribution in [1.29, 1.82) is 0 Å². The van der Waals surface area contributed by atoms with Gasteiger partial charge in [0.25, 0.3) is 0 Å². The first-order chi connectivity index (χ1) is 11.7. The summed E-state index contributed by atoms with van der Waals surface area (Å²) in [5, 5.41) is 6.86. The van der Waals surface area contributed by atoms with E-state index in [9.17, 15) is 4.39 Å². The molecule has 1 aromatic carbocycles. The van der Waals surface area contributed by atoms with Gasteiger partial charge >= 0.3 is 0 Å². The number of rotatable bonds is 6. The lowest BCUT2D eigenvalue weighted by atomic mass is 9.96. The Labute approximate surface area is 144 Å². The number of halogens is 1. The van der Waals surface area contributed by atoms with Crippen LogP contribution >= 0.6 is 0 Å². The first kappa shape index (κ1) is 17.2. The van der Waals surface area contributed by atoms with Crippen LogP contribution < -0.4 is 10.6 Å². The zero-order valence-electron chi connectivity index (χ0n) is 14.6. The maximum atomic E-state index is 13.7. The molecule has 1 aromatic rings. The van der Waals surface area contributed by atoms with Crippen LogP contribution in [0.15, 0.2) is 29.3 Å². The van der Waals surface area contributed by atoms with Gasteiger partial charge in [-0.3, -0.25) is 9.89 Å². The molecular weight excluding hydrogens is 303 g/mol. The number of aliphatic imine (C=N–C) groups is 1. The summed E-state index contributed by atoms with van der Waals surface area (Å²) in [4.78, 5) is 6.65. The fourth-order valence-corrected chi connectivity index (χ4v) is 3.24. The standard InChI is InChI=1S/C19H29FN4/c1-21-19(22-12-15-6-7-15)23-13-16-8-10-24(11-9-16)14-17-4-2-3-5-18(17)20/h2-5,15-16H,6-14H2,1H3,(H2,21,22,23). The Morgan fingerprint density at radius 2 is 1.71 bits per heavy atom. The molecule has 0 bridgehead atoms. The van der Waals surface area contributed by atoms with Gasteiger partial charge in [-0.15, -0.1) is 0 Å². The third-order valence-corrected chi connectivity index (χ3v) is 5.10. The SMILES string of the molecule is CN=C(NCC1CC1)NCC1CCN(Cc2ccccc2F)CC1. The molecule has 4 nitrogen and oxygen atoms in total. The van der Waals surface area contributed by atoms with Gasteiger partial charge in [-0.05, 0) is 56.7 Å². The van der Waals surface area contributed by atoms with Gasteiger partial charge in [0.05, 0.1) is 0 Å². The lowest BCUT2D eigenvalue weighted by Gasteiger charge is -2.32. The normalized spacial score (nSPS) is 20.2. The first-order valence-corrected chi connectivity index (χ1v) is 9.15. The average molecular weight is 332 g/mol. The summed E-state index contributed by atoms with van der Waals surface area (Å²) in [7, 11) is 1.83. The van der Waals surface area contributed by atoms with Crippen LogP contribution in [-0.2, 0) is 6.54 Å². The van der Waals surface area contributed by atoms with E-state index in [2.05, 4.69) is 20.5 Å².